The fourth-order valence-electron chi connectivity index (χ4n) is 0.595. The summed E-state index contributed by atoms with van der Waals surface area (Å²) in [5, 5.41) is 0. The maximum atomic E-state index is 12.3. The maximum absolute atomic E-state index is 12.3. The standard InChI is InChI=1S/C6H6BrFN2O/c1-3(7)5-9-2-4(8)6(11)10-5/h2-3H,1H3,(H,9,10,11). The lowest BCUT2D eigenvalue weighted by atomic mass is 10.4. The second-order valence-corrected chi connectivity index (χ2v) is 3.44. The third-order valence-electron chi connectivity index (χ3n) is 1.15. The van der Waals surface area contributed by atoms with Gasteiger partial charge >= 0.3 is 0 Å². The van der Waals surface area contributed by atoms with Crippen LogP contribution >= 0.6 is 15.9 Å². The molecular formula is C6H6BrFN2O. The molecule has 0 bridgehead atoms. The summed E-state index contributed by atoms with van der Waals surface area (Å²) in [6, 6.07) is 0. The number of hydrogen-bond acceptors (Lipinski definition) is 2. The third-order valence-corrected chi connectivity index (χ3v) is 1.59. The van der Waals surface area contributed by atoms with Gasteiger partial charge in [-0.25, -0.2) is 4.98 Å². The molecule has 0 amide bonds. The van der Waals surface area contributed by atoms with E-state index in [9.17, 15) is 9.18 Å². The van der Waals surface area contributed by atoms with Gasteiger partial charge in [-0.1, -0.05) is 15.9 Å². The number of nitrogens with one attached hydrogen (secondary N) is 1. The molecule has 0 aliphatic heterocycles. The zero-order valence-electron chi connectivity index (χ0n) is 5.77. The molecule has 1 unspecified atom stereocenters. The van der Waals surface area contributed by atoms with Crippen molar-refractivity contribution >= 4 is 15.9 Å². The van der Waals surface area contributed by atoms with Crippen molar-refractivity contribution in [2.24, 2.45) is 0 Å². The topological polar surface area (TPSA) is 45.8 Å². The lowest BCUT2D eigenvalue weighted by Crippen LogP contribution is -2.14. The van der Waals surface area contributed by atoms with Crippen molar-refractivity contribution in [3.05, 3.63) is 28.2 Å². The first kappa shape index (κ1) is 8.39. The Hall–Kier alpha value is -0.710. The third kappa shape index (κ3) is 1.86. The maximum Gasteiger partial charge on any atom is 0.286 e. The van der Waals surface area contributed by atoms with Gasteiger partial charge in [0.1, 0.15) is 5.82 Å². The Morgan fingerprint density at radius 1 is 1.82 bits per heavy atom. The SMILES string of the molecule is CC(Br)c1ncc(F)c(=O)[nH]1. The van der Waals surface area contributed by atoms with E-state index in [1.54, 1.807) is 6.92 Å². The average molecular weight is 221 g/mol. The number of aromatic nitrogens is 2. The number of nitrogens with zero attached hydrogens (tertiary/aromatic N) is 1. The molecule has 0 fully saturated rings. The van der Waals surface area contributed by atoms with Crippen LogP contribution in [0.2, 0.25) is 0 Å². The fourth-order valence-corrected chi connectivity index (χ4v) is 0.828. The van der Waals surface area contributed by atoms with E-state index in [0.29, 0.717) is 5.82 Å². The van der Waals surface area contributed by atoms with Gasteiger partial charge in [0.05, 0.1) is 11.0 Å². The first-order valence-electron chi connectivity index (χ1n) is 3.00. The van der Waals surface area contributed by atoms with Crippen LogP contribution in [0.25, 0.3) is 0 Å². The van der Waals surface area contributed by atoms with Crippen LogP contribution in [0.1, 0.15) is 17.6 Å². The Kier molecular flexibility index (Phi) is 2.38. The van der Waals surface area contributed by atoms with Crippen molar-refractivity contribution in [2.45, 2.75) is 11.8 Å². The second kappa shape index (κ2) is 3.13. The van der Waals surface area contributed by atoms with Gasteiger partial charge in [0.25, 0.3) is 5.56 Å². The molecule has 0 saturated heterocycles. The lowest BCUT2D eigenvalue weighted by Gasteiger charge is -1.99. The zero-order chi connectivity index (χ0) is 8.43. The summed E-state index contributed by atoms with van der Waals surface area (Å²) in [6.07, 6.45) is 0.909. The van der Waals surface area contributed by atoms with E-state index < -0.39 is 11.4 Å². The minimum absolute atomic E-state index is 0.0733. The Morgan fingerprint density at radius 2 is 2.45 bits per heavy atom. The Bertz CT molecular complexity index is 310. The summed E-state index contributed by atoms with van der Waals surface area (Å²) < 4.78 is 12.3. The molecule has 1 aromatic rings. The van der Waals surface area contributed by atoms with E-state index >= 15 is 0 Å². The summed E-state index contributed by atoms with van der Waals surface area (Å²) in [5.41, 5.74) is -0.735. The molecule has 60 valence electrons. The van der Waals surface area contributed by atoms with Crippen molar-refractivity contribution in [1.29, 1.82) is 0 Å². The molecule has 3 nitrogen and oxygen atoms in total. The van der Waals surface area contributed by atoms with Crippen LogP contribution in [-0.2, 0) is 0 Å². The molecular weight excluding hydrogens is 215 g/mol. The highest BCUT2D eigenvalue weighted by Crippen LogP contribution is 2.14. The monoisotopic (exact) mass is 220 g/mol. The van der Waals surface area contributed by atoms with Gasteiger partial charge in [-0.3, -0.25) is 4.79 Å². The summed E-state index contributed by atoms with van der Waals surface area (Å²) in [5.74, 6) is -0.432. The molecule has 1 atom stereocenters. The van der Waals surface area contributed by atoms with Crippen LogP contribution in [0, 0.1) is 5.82 Å². The number of halogens is 2. The predicted molar refractivity (Wildman–Crippen MR) is 42.2 cm³/mol. The van der Waals surface area contributed by atoms with Crippen LogP contribution in [-0.4, -0.2) is 9.97 Å². The van der Waals surface area contributed by atoms with Crippen molar-refractivity contribution in [3.63, 3.8) is 0 Å². The molecule has 1 aromatic heterocycles. The van der Waals surface area contributed by atoms with Crippen molar-refractivity contribution < 1.29 is 4.39 Å². The van der Waals surface area contributed by atoms with Crippen LogP contribution in [0.4, 0.5) is 4.39 Å². The first-order chi connectivity index (χ1) is 5.11. The summed E-state index contributed by atoms with van der Waals surface area (Å²) >= 11 is 3.19. The molecule has 1 N–H and O–H groups in total. The highest BCUT2D eigenvalue weighted by molar-refractivity contribution is 9.09. The van der Waals surface area contributed by atoms with Gasteiger partial charge in [0.2, 0.25) is 5.82 Å². The Morgan fingerprint density at radius 3 is 2.91 bits per heavy atom. The van der Waals surface area contributed by atoms with Crippen LogP contribution in [0.3, 0.4) is 0 Å². The van der Waals surface area contributed by atoms with E-state index in [1.165, 1.54) is 0 Å². The van der Waals surface area contributed by atoms with Gasteiger partial charge in [-0.15, -0.1) is 0 Å². The summed E-state index contributed by atoms with van der Waals surface area (Å²) in [7, 11) is 0. The van der Waals surface area contributed by atoms with Gasteiger partial charge in [0.15, 0.2) is 0 Å². The van der Waals surface area contributed by atoms with Crippen molar-refractivity contribution in [3.8, 4) is 0 Å². The average Bonchev–Trinajstić information content (AvgIpc) is 1.94. The summed E-state index contributed by atoms with van der Waals surface area (Å²) in [4.78, 5) is 16.5. The zero-order valence-corrected chi connectivity index (χ0v) is 7.35. The van der Waals surface area contributed by atoms with Crippen LogP contribution < -0.4 is 5.56 Å². The van der Waals surface area contributed by atoms with Crippen LogP contribution in [0.5, 0.6) is 0 Å². The number of rotatable bonds is 1. The highest BCUT2D eigenvalue weighted by atomic mass is 79.9. The molecule has 0 aliphatic rings. The van der Waals surface area contributed by atoms with Gasteiger partial charge in [-0.05, 0) is 6.92 Å². The highest BCUT2D eigenvalue weighted by Gasteiger charge is 2.04. The normalized spacial score (nSPS) is 13.0. The van der Waals surface area contributed by atoms with E-state index in [4.69, 9.17) is 0 Å². The number of H-pyrrole nitrogens is 1. The summed E-state index contributed by atoms with van der Waals surface area (Å²) in [6.45, 7) is 1.79. The molecule has 0 radical (unpaired) electrons. The van der Waals surface area contributed by atoms with Gasteiger partial charge in [0, 0.05) is 0 Å². The van der Waals surface area contributed by atoms with E-state index in [-0.39, 0.29) is 4.83 Å². The van der Waals surface area contributed by atoms with Crippen LogP contribution in [0.15, 0.2) is 11.0 Å². The molecule has 0 aliphatic carbocycles. The van der Waals surface area contributed by atoms with Gasteiger partial charge in [-0.2, -0.15) is 4.39 Å². The van der Waals surface area contributed by atoms with E-state index in [2.05, 4.69) is 25.9 Å². The van der Waals surface area contributed by atoms with Crippen molar-refractivity contribution in [1.82, 2.24) is 9.97 Å². The van der Waals surface area contributed by atoms with E-state index in [0.717, 1.165) is 6.20 Å². The number of hydrogen-bond donors (Lipinski definition) is 1. The predicted octanol–water partition coefficient (Wildman–Crippen LogP) is 1.36. The molecule has 1 rings (SSSR count). The number of aromatic amines is 1. The molecule has 11 heavy (non-hydrogen) atoms. The first-order valence-corrected chi connectivity index (χ1v) is 3.91. The van der Waals surface area contributed by atoms with Gasteiger partial charge < -0.3 is 4.98 Å². The molecule has 0 saturated carbocycles. The second-order valence-electron chi connectivity index (χ2n) is 2.06. The number of alkyl halides is 1. The quantitative estimate of drug-likeness (QED) is 0.727. The largest absolute Gasteiger partial charge is 0.307 e. The molecule has 1 heterocycles. The minimum atomic E-state index is -0.859. The minimum Gasteiger partial charge on any atom is -0.307 e. The van der Waals surface area contributed by atoms with E-state index in [1.807, 2.05) is 0 Å². The fraction of sp³-hybridized carbons (Fsp3) is 0.333. The Balaban J connectivity index is 3.16. The Labute approximate surface area is 70.8 Å². The molecule has 0 spiro atoms. The molecule has 0 aromatic carbocycles. The molecule has 5 heteroatoms. The lowest BCUT2D eigenvalue weighted by molar-refractivity contribution is 0.595. The van der Waals surface area contributed by atoms with Crippen molar-refractivity contribution in [2.75, 3.05) is 0 Å². The smallest absolute Gasteiger partial charge is 0.286 e.